The van der Waals surface area contributed by atoms with E-state index in [9.17, 15) is 5.11 Å². The molecule has 0 aromatic carbocycles. The summed E-state index contributed by atoms with van der Waals surface area (Å²) >= 11 is 0. The third-order valence-corrected chi connectivity index (χ3v) is 1.93. The van der Waals surface area contributed by atoms with Crippen LogP contribution in [-0.4, -0.2) is 14.9 Å². The summed E-state index contributed by atoms with van der Waals surface area (Å²) in [5.74, 6) is 1.09. The van der Waals surface area contributed by atoms with E-state index in [1.54, 1.807) is 6.07 Å². The molecule has 1 aromatic heterocycles. The number of aromatic hydroxyl groups is 1. The molecule has 1 aromatic rings. The minimum atomic E-state index is 0.129. The Morgan fingerprint density at radius 2 is 2.00 bits per heavy atom. The van der Waals surface area contributed by atoms with Gasteiger partial charge in [-0.25, -0.2) is 0 Å². The van der Waals surface area contributed by atoms with Crippen molar-refractivity contribution < 1.29 is 5.11 Å². The average Bonchev–Trinajstić information content (AvgIpc) is 2.29. The van der Waals surface area contributed by atoms with E-state index in [0.29, 0.717) is 11.8 Å². The lowest BCUT2D eigenvalue weighted by Crippen LogP contribution is -2.10. The van der Waals surface area contributed by atoms with Gasteiger partial charge in [-0.1, -0.05) is 27.7 Å². The summed E-state index contributed by atoms with van der Waals surface area (Å²) in [4.78, 5) is 0. The minimum Gasteiger partial charge on any atom is -0.492 e. The molecule has 0 amide bonds. The molecular weight excluding hydrogens is 164 g/mol. The van der Waals surface area contributed by atoms with E-state index in [1.807, 2.05) is 4.68 Å². The van der Waals surface area contributed by atoms with E-state index in [0.717, 1.165) is 12.2 Å². The Hall–Kier alpha value is -0.990. The van der Waals surface area contributed by atoms with Gasteiger partial charge in [0.1, 0.15) is 0 Å². The highest BCUT2D eigenvalue weighted by Gasteiger charge is 2.10. The SMILES string of the molecule is CC(C)Cn1nc(O)cc1C(C)C. The summed E-state index contributed by atoms with van der Waals surface area (Å²) in [6.45, 7) is 9.36. The quantitative estimate of drug-likeness (QED) is 0.779. The van der Waals surface area contributed by atoms with Crippen LogP contribution in [0.4, 0.5) is 0 Å². The van der Waals surface area contributed by atoms with Crippen LogP contribution in [0.5, 0.6) is 5.88 Å². The van der Waals surface area contributed by atoms with Crippen molar-refractivity contribution in [1.82, 2.24) is 9.78 Å². The monoisotopic (exact) mass is 182 g/mol. The standard InChI is InChI=1S/C10H18N2O/c1-7(2)6-12-9(8(3)4)5-10(13)11-12/h5,7-8H,6H2,1-4H3,(H,11,13). The van der Waals surface area contributed by atoms with Crippen molar-refractivity contribution >= 4 is 0 Å². The Labute approximate surface area is 79.4 Å². The topological polar surface area (TPSA) is 38.0 Å². The molecule has 0 unspecified atom stereocenters. The lowest BCUT2D eigenvalue weighted by atomic mass is 10.1. The van der Waals surface area contributed by atoms with Gasteiger partial charge < -0.3 is 5.11 Å². The zero-order valence-corrected chi connectivity index (χ0v) is 8.78. The first-order valence-electron chi connectivity index (χ1n) is 4.77. The van der Waals surface area contributed by atoms with Crippen molar-refractivity contribution in [3.05, 3.63) is 11.8 Å². The van der Waals surface area contributed by atoms with E-state index in [-0.39, 0.29) is 5.88 Å². The van der Waals surface area contributed by atoms with Crippen molar-refractivity contribution in [2.45, 2.75) is 40.2 Å². The van der Waals surface area contributed by atoms with Gasteiger partial charge in [-0.2, -0.15) is 0 Å². The fourth-order valence-corrected chi connectivity index (χ4v) is 1.37. The predicted octanol–water partition coefficient (Wildman–Crippen LogP) is 2.37. The highest BCUT2D eigenvalue weighted by atomic mass is 16.3. The van der Waals surface area contributed by atoms with Crippen molar-refractivity contribution in [3.8, 4) is 5.88 Å². The van der Waals surface area contributed by atoms with E-state index >= 15 is 0 Å². The van der Waals surface area contributed by atoms with Crippen LogP contribution in [0.2, 0.25) is 0 Å². The molecule has 0 bridgehead atoms. The number of hydrogen-bond acceptors (Lipinski definition) is 2. The predicted molar refractivity (Wildman–Crippen MR) is 52.8 cm³/mol. The Morgan fingerprint density at radius 3 is 2.46 bits per heavy atom. The summed E-state index contributed by atoms with van der Waals surface area (Å²) in [5, 5.41) is 13.3. The number of nitrogens with zero attached hydrogens (tertiary/aromatic N) is 2. The second-order valence-electron chi connectivity index (χ2n) is 4.16. The molecule has 0 aliphatic heterocycles. The molecule has 0 fully saturated rings. The van der Waals surface area contributed by atoms with Crippen LogP contribution in [0.3, 0.4) is 0 Å². The van der Waals surface area contributed by atoms with Gasteiger partial charge in [-0.15, -0.1) is 5.10 Å². The first kappa shape index (κ1) is 10.1. The first-order valence-corrected chi connectivity index (χ1v) is 4.77. The molecule has 0 spiro atoms. The number of aromatic nitrogens is 2. The second kappa shape index (κ2) is 3.81. The largest absolute Gasteiger partial charge is 0.492 e. The minimum absolute atomic E-state index is 0.129. The van der Waals surface area contributed by atoms with Crippen LogP contribution >= 0.6 is 0 Å². The lowest BCUT2D eigenvalue weighted by Gasteiger charge is -2.11. The van der Waals surface area contributed by atoms with Gasteiger partial charge in [-0.05, 0) is 11.8 Å². The zero-order valence-electron chi connectivity index (χ0n) is 8.78. The van der Waals surface area contributed by atoms with Crippen LogP contribution in [0, 0.1) is 5.92 Å². The molecule has 0 aliphatic carbocycles. The molecule has 3 nitrogen and oxygen atoms in total. The van der Waals surface area contributed by atoms with E-state index in [1.165, 1.54) is 0 Å². The number of hydrogen-bond donors (Lipinski definition) is 1. The molecule has 0 saturated carbocycles. The Bertz CT molecular complexity index is 276. The molecule has 0 radical (unpaired) electrons. The Balaban J connectivity index is 2.91. The van der Waals surface area contributed by atoms with Gasteiger partial charge >= 0.3 is 0 Å². The maximum Gasteiger partial charge on any atom is 0.230 e. The molecular formula is C10H18N2O. The van der Waals surface area contributed by atoms with Crippen molar-refractivity contribution in [1.29, 1.82) is 0 Å². The Kier molecular flexibility index (Phi) is 2.96. The molecule has 0 aliphatic rings. The third kappa shape index (κ3) is 2.47. The Morgan fingerprint density at radius 1 is 1.38 bits per heavy atom. The number of rotatable bonds is 3. The smallest absolute Gasteiger partial charge is 0.230 e. The highest BCUT2D eigenvalue weighted by Crippen LogP contribution is 2.19. The van der Waals surface area contributed by atoms with Gasteiger partial charge in [0.05, 0.1) is 0 Å². The molecule has 1 heterocycles. The van der Waals surface area contributed by atoms with Crippen LogP contribution in [0.25, 0.3) is 0 Å². The van der Waals surface area contributed by atoms with Crippen molar-refractivity contribution in [2.75, 3.05) is 0 Å². The fraction of sp³-hybridized carbons (Fsp3) is 0.700. The molecule has 0 atom stereocenters. The van der Waals surface area contributed by atoms with Gasteiger partial charge in [0, 0.05) is 18.3 Å². The van der Waals surface area contributed by atoms with Crippen LogP contribution in [0.1, 0.15) is 39.3 Å². The zero-order chi connectivity index (χ0) is 10.0. The van der Waals surface area contributed by atoms with Gasteiger partial charge in [0.2, 0.25) is 5.88 Å². The summed E-state index contributed by atoms with van der Waals surface area (Å²) in [7, 11) is 0. The molecule has 0 saturated heterocycles. The molecule has 3 heteroatoms. The maximum atomic E-state index is 9.26. The lowest BCUT2D eigenvalue weighted by molar-refractivity contribution is 0.414. The van der Waals surface area contributed by atoms with Crippen LogP contribution in [0.15, 0.2) is 6.07 Å². The van der Waals surface area contributed by atoms with Gasteiger partial charge in [-0.3, -0.25) is 4.68 Å². The average molecular weight is 182 g/mol. The molecule has 1 N–H and O–H groups in total. The summed E-state index contributed by atoms with van der Waals surface area (Å²) in [6.07, 6.45) is 0. The van der Waals surface area contributed by atoms with Crippen molar-refractivity contribution in [2.24, 2.45) is 5.92 Å². The normalized spacial score (nSPS) is 11.5. The summed E-state index contributed by atoms with van der Waals surface area (Å²) in [5.41, 5.74) is 1.10. The van der Waals surface area contributed by atoms with Crippen LogP contribution in [-0.2, 0) is 6.54 Å². The second-order valence-corrected chi connectivity index (χ2v) is 4.16. The van der Waals surface area contributed by atoms with E-state index in [2.05, 4.69) is 32.8 Å². The van der Waals surface area contributed by atoms with Gasteiger partial charge in [0.25, 0.3) is 0 Å². The third-order valence-electron chi connectivity index (χ3n) is 1.93. The van der Waals surface area contributed by atoms with E-state index in [4.69, 9.17) is 0 Å². The summed E-state index contributed by atoms with van der Waals surface area (Å²) in [6, 6.07) is 1.74. The molecule has 74 valence electrons. The van der Waals surface area contributed by atoms with Gasteiger partial charge in [0.15, 0.2) is 0 Å². The maximum absolute atomic E-state index is 9.26. The van der Waals surface area contributed by atoms with E-state index < -0.39 is 0 Å². The highest BCUT2D eigenvalue weighted by molar-refractivity contribution is 5.16. The van der Waals surface area contributed by atoms with Crippen LogP contribution < -0.4 is 0 Å². The first-order chi connectivity index (χ1) is 6.00. The summed E-state index contributed by atoms with van der Waals surface area (Å²) < 4.78 is 1.89. The van der Waals surface area contributed by atoms with Crippen molar-refractivity contribution in [3.63, 3.8) is 0 Å². The molecule has 1 rings (SSSR count). The molecule has 13 heavy (non-hydrogen) atoms. The fourth-order valence-electron chi connectivity index (χ4n) is 1.37.